The van der Waals surface area contributed by atoms with Crippen LogP contribution in [-0.4, -0.2) is 15.7 Å². The molecule has 1 N–H and O–H groups in total. The highest BCUT2D eigenvalue weighted by atomic mass is 19.1. The average molecular weight is 323 g/mol. The van der Waals surface area contributed by atoms with E-state index in [2.05, 4.69) is 41.6 Å². The number of hydrogen-bond donors (Lipinski definition) is 1. The molecular formula is C19H18FN3O. The monoisotopic (exact) mass is 323 g/mol. The molecule has 0 saturated carbocycles. The second-order valence-electron chi connectivity index (χ2n) is 5.51. The minimum atomic E-state index is -0.438. The highest BCUT2D eigenvalue weighted by Crippen LogP contribution is 2.13. The van der Waals surface area contributed by atoms with E-state index in [1.165, 1.54) is 23.8 Å². The maximum Gasteiger partial charge on any atom is 0.256 e. The molecule has 0 saturated heterocycles. The van der Waals surface area contributed by atoms with Gasteiger partial charge >= 0.3 is 0 Å². The molecule has 5 heteroatoms. The van der Waals surface area contributed by atoms with E-state index in [0.717, 1.165) is 12.0 Å². The van der Waals surface area contributed by atoms with Gasteiger partial charge in [-0.05, 0) is 35.7 Å². The predicted molar refractivity (Wildman–Crippen MR) is 91.5 cm³/mol. The molecule has 0 aliphatic carbocycles. The normalized spacial score (nSPS) is 10.6. The van der Waals surface area contributed by atoms with Gasteiger partial charge in [0, 0.05) is 11.6 Å². The molecule has 1 amide bonds. The van der Waals surface area contributed by atoms with Crippen LogP contribution in [0.1, 0.15) is 28.4 Å². The molecule has 0 aliphatic heterocycles. The Morgan fingerprint density at radius 1 is 1.12 bits per heavy atom. The molecule has 122 valence electrons. The minimum Gasteiger partial charge on any atom is -0.307 e. The van der Waals surface area contributed by atoms with Crippen LogP contribution in [0.4, 0.5) is 10.2 Å². The lowest BCUT2D eigenvalue weighted by Gasteiger charge is -2.10. The van der Waals surface area contributed by atoms with Crippen molar-refractivity contribution >= 4 is 11.7 Å². The number of rotatable bonds is 5. The number of amides is 1. The molecule has 4 nitrogen and oxygen atoms in total. The summed E-state index contributed by atoms with van der Waals surface area (Å²) in [5.74, 6) is -0.228. The van der Waals surface area contributed by atoms with Gasteiger partial charge in [0.1, 0.15) is 11.6 Å². The molecule has 3 aromatic rings. The standard InChI is InChI=1S/C19H18FN3O/c1-2-14-6-8-15(9-7-14)13-23-18(10-11-21-23)22-19(24)16-4-3-5-17(20)12-16/h3-12H,2,13H2,1H3,(H,22,24). The van der Waals surface area contributed by atoms with Gasteiger partial charge in [0.05, 0.1) is 12.7 Å². The van der Waals surface area contributed by atoms with Crippen molar-refractivity contribution in [1.82, 2.24) is 9.78 Å². The van der Waals surface area contributed by atoms with E-state index in [-0.39, 0.29) is 11.5 Å². The van der Waals surface area contributed by atoms with Crippen LogP contribution in [0, 0.1) is 5.82 Å². The Morgan fingerprint density at radius 3 is 2.58 bits per heavy atom. The fourth-order valence-electron chi connectivity index (χ4n) is 2.44. The zero-order valence-electron chi connectivity index (χ0n) is 13.4. The maximum absolute atomic E-state index is 13.2. The van der Waals surface area contributed by atoms with Crippen LogP contribution < -0.4 is 5.32 Å². The number of nitrogens with one attached hydrogen (secondary N) is 1. The van der Waals surface area contributed by atoms with Crippen LogP contribution in [0.2, 0.25) is 0 Å². The number of anilines is 1. The van der Waals surface area contributed by atoms with Gasteiger partial charge in [-0.3, -0.25) is 4.79 Å². The van der Waals surface area contributed by atoms with Gasteiger partial charge in [0.25, 0.3) is 5.91 Å². The Labute approximate surface area is 139 Å². The van der Waals surface area contributed by atoms with Crippen molar-refractivity contribution in [3.05, 3.63) is 83.3 Å². The first-order valence-corrected chi connectivity index (χ1v) is 7.82. The molecule has 0 spiro atoms. The number of aromatic nitrogens is 2. The minimum absolute atomic E-state index is 0.273. The summed E-state index contributed by atoms with van der Waals surface area (Å²) < 4.78 is 14.9. The number of hydrogen-bond acceptors (Lipinski definition) is 2. The molecule has 1 aromatic heterocycles. The lowest BCUT2D eigenvalue weighted by Crippen LogP contribution is -2.16. The summed E-state index contributed by atoms with van der Waals surface area (Å²) in [6, 6.07) is 15.6. The maximum atomic E-state index is 13.2. The fourth-order valence-corrected chi connectivity index (χ4v) is 2.44. The number of nitrogens with zero attached hydrogens (tertiary/aromatic N) is 2. The molecule has 0 radical (unpaired) electrons. The van der Waals surface area contributed by atoms with E-state index in [1.54, 1.807) is 23.0 Å². The third-order valence-corrected chi connectivity index (χ3v) is 3.81. The Hall–Kier alpha value is -2.95. The van der Waals surface area contributed by atoms with E-state index in [4.69, 9.17) is 0 Å². The molecule has 0 atom stereocenters. The van der Waals surface area contributed by atoms with Gasteiger partial charge in [-0.2, -0.15) is 5.10 Å². The Kier molecular flexibility index (Phi) is 4.70. The summed E-state index contributed by atoms with van der Waals surface area (Å²) in [6.07, 6.45) is 2.62. The van der Waals surface area contributed by atoms with Crippen molar-refractivity contribution in [3.63, 3.8) is 0 Å². The Bertz CT molecular complexity index is 840. The second-order valence-corrected chi connectivity index (χ2v) is 5.51. The van der Waals surface area contributed by atoms with Crippen molar-refractivity contribution in [1.29, 1.82) is 0 Å². The third-order valence-electron chi connectivity index (χ3n) is 3.81. The molecule has 0 bridgehead atoms. The summed E-state index contributed by atoms with van der Waals surface area (Å²) in [7, 11) is 0. The lowest BCUT2D eigenvalue weighted by molar-refractivity contribution is 0.102. The third kappa shape index (κ3) is 3.68. The summed E-state index contributed by atoms with van der Waals surface area (Å²) in [6.45, 7) is 2.66. The van der Waals surface area contributed by atoms with E-state index in [1.807, 2.05) is 0 Å². The first-order valence-electron chi connectivity index (χ1n) is 7.82. The molecule has 0 aliphatic rings. The van der Waals surface area contributed by atoms with Crippen LogP contribution >= 0.6 is 0 Å². The van der Waals surface area contributed by atoms with E-state index in [0.29, 0.717) is 12.4 Å². The van der Waals surface area contributed by atoms with Crippen LogP contribution in [0.15, 0.2) is 60.8 Å². The van der Waals surface area contributed by atoms with Crippen molar-refractivity contribution in [2.75, 3.05) is 5.32 Å². The van der Waals surface area contributed by atoms with E-state index < -0.39 is 5.82 Å². The molecule has 2 aromatic carbocycles. The van der Waals surface area contributed by atoms with Crippen molar-refractivity contribution in [2.24, 2.45) is 0 Å². The molecule has 0 unspecified atom stereocenters. The van der Waals surface area contributed by atoms with Gasteiger partial charge < -0.3 is 5.32 Å². The quantitative estimate of drug-likeness (QED) is 0.774. The van der Waals surface area contributed by atoms with Gasteiger partial charge in [-0.15, -0.1) is 0 Å². The molecule has 3 rings (SSSR count). The Balaban J connectivity index is 1.74. The van der Waals surface area contributed by atoms with Gasteiger partial charge in [-0.25, -0.2) is 9.07 Å². The average Bonchev–Trinajstić information content (AvgIpc) is 3.02. The number of benzene rings is 2. The predicted octanol–water partition coefficient (Wildman–Crippen LogP) is 3.89. The summed E-state index contributed by atoms with van der Waals surface area (Å²) in [5, 5.41) is 7.02. The lowest BCUT2D eigenvalue weighted by atomic mass is 10.1. The number of halogens is 1. The second kappa shape index (κ2) is 7.08. The molecule has 24 heavy (non-hydrogen) atoms. The van der Waals surface area contributed by atoms with Gasteiger partial charge in [0.15, 0.2) is 0 Å². The highest BCUT2D eigenvalue weighted by molar-refractivity contribution is 6.03. The zero-order valence-corrected chi connectivity index (χ0v) is 13.4. The van der Waals surface area contributed by atoms with Crippen molar-refractivity contribution in [3.8, 4) is 0 Å². The van der Waals surface area contributed by atoms with Crippen LogP contribution in [-0.2, 0) is 13.0 Å². The van der Waals surface area contributed by atoms with Crippen LogP contribution in [0.5, 0.6) is 0 Å². The smallest absolute Gasteiger partial charge is 0.256 e. The first kappa shape index (κ1) is 15.9. The first-order chi connectivity index (χ1) is 11.7. The van der Waals surface area contributed by atoms with E-state index in [9.17, 15) is 9.18 Å². The van der Waals surface area contributed by atoms with E-state index >= 15 is 0 Å². The van der Waals surface area contributed by atoms with Crippen LogP contribution in [0.25, 0.3) is 0 Å². The SMILES string of the molecule is CCc1ccc(Cn2nccc2NC(=O)c2cccc(F)c2)cc1. The zero-order chi connectivity index (χ0) is 16.9. The number of carbonyl (C=O) groups is 1. The molecule has 0 fully saturated rings. The molecule has 1 heterocycles. The summed E-state index contributed by atoms with van der Waals surface area (Å²) in [4.78, 5) is 12.2. The topological polar surface area (TPSA) is 46.9 Å². The fraction of sp³-hybridized carbons (Fsp3) is 0.158. The number of carbonyl (C=O) groups excluding carboxylic acids is 1. The van der Waals surface area contributed by atoms with Crippen molar-refractivity contribution in [2.45, 2.75) is 19.9 Å². The summed E-state index contributed by atoms with van der Waals surface area (Å²) >= 11 is 0. The Morgan fingerprint density at radius 2 is 1.88 bits per heavy atom. The molecular weight excluding hydrogens is 305 g/mol. The largest absolute Gasteiger partial charge is 0.307 e. The van der Waals surface area contributed by atoms with Crippen molar-refractivity contribution < 1.29 is 9.18 Å². The van der Waals surface area contributed by atoms with Gasteiger partial charge in [0.2, 0.25) is 0 Å². The number of aryl methyl sites for hydroxylation is 1. The van der Waals surface area contributed by atoms with Gasteiger partial charge in [-0.1, -0.05) is 37.3 Å². The van der Waals surface area contributed by atoms with Crippen LogP contribution in [0.3, 0.4) is 0 Å². The summed E-state index contributed by atoms with van der Waals surface area (Å²) in [5.41, 5.74) is 2.64. The highest BCUT2D eigenvalue weighted by Gasteiger charge is 2.10.